The number of esters is 1. The van der Waals surface area contributed by atoms with Crippen molar-refractivity contribution in [2.24, 2.45) is 11.3 Å². The van der Waals surface area contributed by atoms with Gasteiger partial charge in [0.15, 0.2) is 0 Å². The molecule has 0 aliphatic heterocycles. The van der Waals surface area contributed by atoms with Gasteiger partial charge < -0.3 is 14.5 Å². The molecule has 158 valence electrons. The quantitative estimate of drug-likeness (QED) is 0.364. The minimum Gasteiger partial charge on any atom is -0.459 e. The van der Waals surface area contributed by atoms with Crippen molar-refractivity contribution in [3.8, 4) is 0 Å². The third-order valence-electron chi connectivity index (χ3n) is 5.87. The summed E-state index contributed by atoms with van der Waals surface area (Å²) in [7, 11) is 0. The van der Waals surface area contributed by atoms with E-state index in [1.807, 2.05) is 36.5 Å². The number of aromatic nitrogens is 1. The zero-order valence-electron chi connectivity index (χ0n) is 17.7. The van der Waals surface area contributed by atoms with Gasteiger partial charge in [0.2, 0.25) is 0 Å². The molecular weight excluding hydrogens is 386 g/mol. The topological polar surface area (TPSA) is 51.3 Å². The van der Waals surface area contributed by atoms with Crippen LogP contribution >= 0.6 is 11.6 Å². The summed E-state index contributed by atoms with van der Waals surface area (Å²) in [5, 5.41) is 0.728. The van der Waals surface area contributed by atoms with Crippen LogP contribution in [0.4, 0.5) is 0 Å². The van der Waals surface area contributed by atoms with Crippen molar-refractivity contribution >= 4 is 17.6 Å². The molecule has 0 bridgehead atoms. The van der Waals surface area contributed by atoms with Gasteiger partial charge >= 0.3 is 5.97 Å². The summed E-state index contributed by atoms with van der Waals surface area (Å²) in [6.07, 6.45) is 7.30. The lowest BCUT2D eigenvalue weighted by atomic mass is 10.1. The maximum absolute atomic E-state index is 12.6. The van der Waals surface area contributed by atoms with Crippen molar-refractivity contribution in [3.05, 3.63) is 58.4 Å². The van der Waals surface area contributed by atoms with Crippen molar-refractivity contribution in [1.82, 2.24) is 4.98 Å². The smallest absolute Gasteiger partial charge is 0.312 e. The molecule has 1 heterocycles. The van der Waals surface area contributed by atoms with Gasteiger partial charge in [-0.05, 0) is 42.2 Å². The third-order valence-corrected chi connectivity index (χ3v) is 6.13. The van der Waals surface area contributed by atoms with Crippen LogP contribution in [0.3, 0.4) is 0 Å². The van der Waals surface area contributed by atoms with Gasteiger partial charge in [-0.2, -0.15) is 0 Å². The molecule has 0 spiro atoms. The predicted molar refractivity (Wildman–Crippen MR) is 116 cm³/mol. The molecule has 4 nitrogen and oxygen atoms in total. The van der Waals surface area contributed by atoms with Crippen molar-refractivity contribution in [2.45, 2.75) is 65.6 Å². The molecule has 0 radical (unpaired) electrons. The molecule has 2 unspecified atom stereocenters. The zero-order chi connectivity index (χ0) is 20.9. The van der Waals surface area contributed by atoms with E-state index in [4.69, 9.17) is 21.1 Å². The molecule has 0 amide bonds. The molecule has 1 N–H and O–H groups in total. The Kier molecular flexibility index (Phi) is 7.42. The maximum atomic E-state index is 12.6. The highest BCUT2D eigenvalue weighted by atomic mass is 35.5. The molecule has 0 saturated heterocycles. The number of carbonyl (C=O) groups excluding carboxylic acids is 1. The van der Waals surface area contributed by atoms with Gasteiger partial charge in [0.05, 0.1) is 17.7 Å². The Hall–Kier alpha value is -1.78. The predicted octanol–water partition coefficient (Wildman–Crippen LogP) is 5.92. The highest BCUT2D eigenvalue weighted by Crippen LogP contribution is 2.54. The van der Waals surface area contributed by atoms with Crippen LogP contribution in [0.15, 0.2) is 36.5 Å². The van der Waals surface area contributed by atoms with E-state index in [0.29, 0.717) is 0 Å². The first kappa shape index (κ1) is 21.9. The monoisotopic (exact) mass is 417 g/mol. The van der Waals surface area contributed by atoms with Gasteiger partial charge in [-0.1, -0.05) is 63.8 Å². The molecule has 1 fully saturated rings. The Balaban J connectivity index is 1.48. The minimum atomic E-state index is -0.177. The molecule has 3 rings (SSSR count). The molecule has 1 aliphatic rings. The Bertz CT molecular complexity index is 797. The van der Waals surface area contributed by atoms with E-state index in [1.165, 1.54) is 24.8 Å². The first-order valence-electron chi connectivity index (χ1n) is 10.6. The third kappa shape index (κ3) is 5.64. The first-order chi connectivity index (χ1) is 13.9. The van der Waals surface area contributed by atoms with Crippen LogP contribution in [0.1, 0.15) is 63.3 Å². The summed E-state index contributed by atoms with van der Waals surface area (Å²) < 4.78 is 11.6. The van der Waals surface area contributed by atoms with Crippen LogP contribution in [0.2, 0.25) is 5.02 Å². The number of H-pyrrole nitrogens is 1. The van der Waals surface area contributed by atoms with E-state index in [9.17, 15) is 4.79 Å². The molecule has 1 aromatic carbocycles. The average molecular weight is 418 g/mol. The lowest BCUT2D eigenvalue weighted by Gasteiger charge is -2.07. The normalized spacial score (nSPS) is 19.9. The van der Waals surface area contributed by atoms with E-state index in [0.717, 1.165) is 35.7 Å². The van der Waals surface area contributed by atoms with Crippen molar-refractivity contribution in [2.75, 3.05) is 6.61 Å². The molecule has 1 aromatic heterocycles. The lowest BCUT2D eigenvalue weighted by molar-refractivity contribution is -0.148. The van der Waals surface area contributed by atoms with Crippen molar-refractivity contribution in [1.29, 1.82) is 0 Å². The SMILES string of the molecule is CCCCCCOC1C(C(=O)OCc2[nH]ccc2Cc2ccc(Cl)cc2)C1(C)C. The first-order valence-corrected chi connectivity index (χ1v) is 11.0. The number of carbonyl (C=O) groups is 1. The van der Waals surface area contributed by atoms with Crippen LogP contribution in [-0.2, 0) is 27.3 Å². The molecule has 29 heavy (non-hydrogen) atoms. The zero-order valence-corrected chi connectivity index (χ0v) is 18.4. The highest BCUT2D eigenvalue weighted by Gasteiger charge is 2.64. The Morgan fingerprint density at radius 2 is 1.90 bits per heavy atom. The molecule has 2 atom stereocenters. The van der Waals surface area contributed by atoms with Gasteiger partial charge in [-0.15, -0.1) is 0 Å². The van der Waals surface area contributed by atoms with Gasteiger partial charge in [0, 0.05) is 23.2 Å². The van der Waals surface area contributed by atoms with Crippen LogP contribution < -0.4 is 0 Å². The standard InChI is InChI=1S/C24H32ClNO3/c1-4-5-6-7-14-28-22-21(24(22,2)3)23(27)29-16-20-18(12-13-26-20)15-17-8-10-19(25)11-9-17/h8-13,21-22,26H,4-7,14-16H2,1-3H3. The molecule has 5 heteroatoms. The summed E-state index contributed by atoms with van der Waals surface area (Å²) >= 11 is 5.96. The number of unbranched alkanes of at least 4 members (excludes halogenated alkanes) is 3. The van der Waals surface area contributed by atoms with E-state index >= 15 is 0 Å². The van der Waals surface area contributed by atoms with Gasteiger partial charge in [-0.3, -0.25) is 4.79 Å². The summed E-state index contributed by atoms with van der Waals surface area (Å²) in [4.78, 5) is 15.8. The second-order valence-electron chi connectivity index (χ2n) is 8.54. The van der Waals surface area contributed by atoms with E-state index in [2.05, 4.69) is 25.8 Å². The fourth-order valence-corrected chi connectivity index (χ4v) is 3.99. The second-order valence-corrected chi connectivity index (χ2v) is 8.98. The fourth-order valence-electron chi connectivity index (χ4n) is 3.86. The lowest BCUT2D eigenvalue weighted by Crippen LogP contribution is -2.12. The number of halogens is 1. The fraction of sp³-hybridized carbons (Fsp3) is 0.542. The van der Waals surface area contributed by atoms with E-state index < -0.39 is 0 Å². The summed E-state index contributed by atoms with van der Waals surface area (Å²) in [6.45, 7) is 7.33. The number of rotatable bonds is 11. The number of nitrogens with one attached hydrogen (secondary N) is 1. The number of benzene rings is 1. The largest absolute Gasteiger partial charge is 0.459 e. The van der Waals surface area contributed by atoms with Gasteiger partial charge in [-0.25, -0.2) is 0 Å². The maximum Gasteiger partial charge on any atom is 0.312 e. The van der Waals surface area contributed by atoms with Gasteiger partial charge in [0.25, 0.3) is 0 Å². The molecule has 2 aromatic rings. The molecule has 1 saturated carbocycles. The highest BCUT2D eigenvalue weighted by molar-refractivity contribution is 6.30. The number of aromatic amines is 1. The molecular formula is C24H32ClNO3. The minimum absolute atomic E-state index is 0.0335. The van der Waals surface area contributed by atoms with Crippen molar-refractivity contribution < 1.29 is 14.3 Å². The van der Waals surface area contributed by atoms with Crippen LogP contribution in [0.5, 0.6) is 0 Å². The van der Waals surface area contributed by atoms with E-state index in [1.54, 1.807) is 0 Å². The van der Waals surface area contributed by atoms with Gasteiger partial charge in [0.1, 0.15) is 6.61 Å². The Morgan fingerprint density at radius 3 is 2.62 bits per heavy atom. The van der Waals surface area contributed by atoms with Crippen LogP contribution in [0.25, 0.3) is 0 Å². The number of ether oxygens (including phenoxy) is 2. The Labute approximate surface area is 178 Å². The summed E-state index contributed by atoms with van der Waals surface area (Å²) in [5.74, 6) is -0.344. The summed E-state index contributed by atoms with van der Waals surface area (Å²) in [5.41, 5.74) is 3.08. The van der Waals surface area contributed by atoms with E-state index in [-0.39, 0.29) is 30.0 Å². The molecule has 1 aliphatic carbocycles. The van der Waals surface area contributed by atoms with Crippen molar-refractivity contribution in [3.63, 3.8) is 0 Å². The Morgan fingerprint density at radius 1 is 1.14 bits per heavy atom. The number of hydrogen-bond donors (Lipinski definition) is 1. The van der Waals surface area contributed by atoms with Crippen LogP contribution in [-0.4, -0.2) is 23.7 Å². The van der Waals surface area contributed by atoms with Crippen LogP contribution in [0, 0.1) is 11.3 Å². The second kappa shape index (κ2) is 9.82. The number of hydrogen-bond acceptors (Lipinski definition) is 3. The average Bonchev–Trinajstić information content (AvgIpc) is 3.00. The summed E-state index contributed by atoms with van der Waals surface area (Å²) in [6, 6.07) is 9.84.